The largest absolute Gasteiger partial charge is 0.353 e. The van der Waals surface area contributed by atoms with Crippen LogP contribution in [0.15, 0.2) is 30.6 Å². The van der Waals surface area contributed by atoms with Crippen molar-refractivity contribution in [2.45, 2.75) is 33.1 Å². The Morgan fingerprint density at radius 2 is 1.93 bits per heavy atom. The molecule has 0 N–H and O–H groups in total. The lowest BCUT2D eigenvalue weighted by Gasteiger charge is -2.37. The predicted octanol–water partition coefficient (Wildman–Crippen LogP) is 2.17. The molecule has 29 heavy (non-hydrogen) atoms. The summed E-state index contributed by atoms with van der Waals surface area (Å²) >= 11 is 0. The second kappa shape index (κ2) is 8.76. The monoisotopic (exact) mass is 394 g/mol. The van der Waals surface area contributed by atoms with Gasteiger partial charge in [-0.05, 0) is 50.8 Å². The van der Waals surface area contributed by atoms with Gasteiger partial charge in [0, 0.05) is 63.3 Å². The van der Waals surface area contributed by atoms with Gasteiger partial charge in [0.1, 0.15) is 5.82 Å². The number of rotatable bonds is 5. The number of hydrogen-bond acceptors (Lipinski definition) is 6. The zero-order valence-corrected chi connectivity index (χ0v) is 17.4. The fourth-order valence-electron chi connectivity index (χ4n) is 4.32. The van der Waals surface area contributed by atoms with Gasteiger partial charge in [-0.1, -0.05) is 6.07 Å². The van der Waals surface area contributed by atoms with Crippen molar-refractivity contribution < 1.29 is 4.79 Å². The number of carbonyl (C=O) groups excluding carboxylic acids is 1. The Hall–Kier alpha value is -2.70. The third-order valence-electron chi connectivity index (χ3n) is 6.10. The summed E-state index contributed by atoms with van der Waals surface area (Å²) in [6.45, 7) is 9.24. The number of piperazine rings is 1. The molecule has 0 radical (unpaired) electrons. The van der Waals surface area contributed by atoms with E-state index in [9.17, 15) is 4.79 Å². The summed E-state index contributed by atoms with van der Waals surface area (Å²) < 4.78 is 0. The lowest BCUT2D eigenvalue weighted by Crippen LogP contribution is -2.51. The van der Waals surface area contributed by atoms with Gasteiger partial charge in [0.25, 0.3) is 0 Å². The standard InChI is InChI=1S/C22H30N6O/c1-3-26(4-2)22-24-16-18-15-17(8-9-19(18)25-22)21(29)28-13-11-27(12-14-28)20-7-5-6-10-23-20/h5-7,10,16-17H,3-4,8-9,11-15H2,1-2H3. The van der Waals surface area contributed by atoms with E-state index in [1.807, 2.05) is 35.5 Å². The van der Waals surface area contributed by atoms with Gasteiger partial charge >= 0.3 is 0 Å². The maximum atomic E-state index is 13.1. The van der Waals surface area contributed by atoms with Crippen LogP contribution in [0.25, 0.3) is 0 Å². The summed E-state index contributed by atoms with van der Waals surface area (Å²) in [4.78, 5) is 33.3. The average molecular weight is 395 g/mol. The molecule has 1 atom stereocenters. The summed E-state index contributed by atoms with van der Waals surface area (Å²) in [5.41, 5.74) is 2.25. The van der Waals surface area contributed by atoms with E-state index in [-0.39, 0.29) is 11.8 Å². The topological polar surface area (TPSA) is 65.5 Å². The van der Waals surface area contributed by atoms with Crippen LogP contribution in [0.2, 0.25) is 0 Å². The van der Waals surface area contributed by atoms with E-state index in [2.05, 4.69) is 33.6 Å². The average Bonchev–Trinajstić information content (AvgIpc) is 2.80. The predicted molar refractivity (Wildman–Crippen MR) is 114 cm³/mol. The fourth-order valence-corrected chi connectivity index (χ4v) is 4.32. The van der Waals surface area contributed by atoms with Gasteiger partial charge in [-0.2, -0.15) is 0 Å². The van der Waals surface area contributed by atoms with Gasteiger partial charge in [-0.3, -0.25) is 4.79 Å². The van der Waals surface area contributed by atoms with Crippen LogP contribution >= 0.6 is 0 Å². The van der Waals surface area contributed by atoms with Crippen LogP contribution in [0.1, 0.15) is 31.5 Å². The van der Waals surface area contributed by atoms with E-state index in [0.717, 1.165) is 81.6 Å². The first-order valence-corrected chi connectivity index (χ1v) is 10.7. The van der Waals surface area contributed by atoms with Crippen molar-refractivity contribution in [3.63, 3.8) is 0 Å². The molecule has 0 bridgehead atoms. The van der Waals surface area contributed by atoms with E-state index >= 15 is 0 Å². The molecule has 7 heteroatoms. The van der Waals surface area contributed by atoms with Crippen molar-refractivity contribution in [3.05, 3.63) is 41.9 Å². The number of pyridine rings is 1. The molecule has 4 rings (SSSR count). The molecule has 1 saturated heterocycles. The van der Waals surface area contributed by atoms with E-state index in [4.69, 9.17) is 4.98 Å². The van der Waals surface area contributed by atoms with Crippen LogP contribution in [0, 0.1) is 5.92 Å². The van der Waals surface area contributed by atoms with Crippen molar-refractivity contribution in [1.29, 1.82) is 0 Å². The number of hydrogen-bond donors (Lipinski definition) is 0. The highest BCUT2D eigenvalue weighted by atomic mass is 16.2. The first-order valence-electron chi connectivity index (χ1n) is 10.7. The molecule has 1 amide bonds. The smallest absolute Gasteiger partial charge is 0.226 e. The number of anilines is 2. The minimum Gasteiger partial charge on any atom is -0.353 e. The zero-order chi connectivity index (χ0) is 20.2. The summed E-state index contributed by atoms with van der Waals surface area (Å²) in [7, 11) is 0. The number of amides is 1. The van der Waals surface area contributed by atoms with Crippen molar-refractivity contribution in [1.82, 2.24) is 19.9 Å². The molecule has 1 aliphatic carbocycles. The highest BCUT2D eigenvalue weighted by Crippen LogP contribution is 2.27. The van der Waals surface area contributed by atoms with Gasteiger partial charge in [-0.15, -0.1) is 0 Å². The normalized spacial score (nSPS) is 19.0. The number of nitrogens with zero attached hydrogens (tertiary/aromatic N) is 6. The van der Waals surface area contributed by atoms with E-state index in [0.29, 0.717) is 0 Å². The molecule has 3 heterocycles. The quantitative estimate of drug-likeness (QED) is 0.774. The van der Waals surface area contributed by atoms with Crippen LogP contribution in [0.4, 0.5) is 11.8 Å². The number of carbonyl (C=O) groups is 1. The SMILES string of the molecule is CCN(CC)c1ncc2c(n1)CCC(C(=O)N1CCN(c3ccccn3)CC1)C2. The molecule has 1 fully saturated rings. The Morgan fingerprint density at radius 1 is 1.14 bits per heavy atom. The summed E-state index contributed by atoms with van der Waals surface area (Å²) in [5.74, 6) is 2.13. The van der Waals surface area contributed by atoms with Crippen molar-refractivity contribution in [2.75, 3.05) is 49.1 Å². The van der Waals surface area contributed by atoms with Crippen LogP contribution in [0.3, 0.4) is 0 Å². The number of aromatic nitrogens is 3. The van der Waals surface area contributed by atoms with Crippen molar-refractivity contribution >= 4 is 17.7 Å². The van der Waals surface area contributed by atoms with E-state index in [1.54, 1.807) is 0 Å². The molecular weight excluding hydrogens is 364 g/mol. The molecule has 154 valence electrons. The van der Waals surface area contributed by atoms with Crippen LogP contribution < -0.4 is 9.80 Å². The summed E-state index contributed by atoms with van der Waals surface area (Å²) in [5, 5.41) is 0. The van der Waals surface area contributed by atoms with E-state index < -0.39 is 0 Å². The highest BCUT2D eigenvalue weighted by molar-refractivity contribution is 5.79. The lowest BCUT2D eigenvalue weighted by atomic mass is 9.86. The minimum atomic E-state index is 0.0480. The number of fused-ring (bicyclic) bond motifs is 1. The maximum absolute atomic E-state index is 13.1. The second-order valence-electron chi connectivity index (χ2n) is 7.75. The molecule has 1 unspecified atom stereocenters. The summed E-state index contributed by atoms with van der Waals surface area (Å²) in [6.07, 6.45) is 6.25. The lowest BCUT2D eigenvalue weighted by molar-refractivity contribution is -0.136. The minimum absolute atomic E-state index is 0.0480. The molecule has 2 aliphatic rings. The highest BCUT2D eigenvalue weighted by Gasteiger charge is 2.31. The molecule has 2 aromatic rings. The van der Waals surface area contributed by atoms with Gasteiger partial charge in [0.2, 0.25) is 11.9 Å². The summed E-state index contributed by atoms with van der Waals surface area (Å²) in [6, 6.07) is 5.97. The van der Waals surface area contributed by atoms with Gasteiger partial charge in [0.15, 0.2) is 0 Å². The van der Waals surface area contributed by atoms with Crippen LogP contribution in [-0.2, 0) is 17.6 Å². The molecule has 2 aromatic heterocycles. The third-order valence-corrected chi connectivity index (χ3v) is 6.10. The first-order chi connectivity index (χ1) is 14.2. The third kappa shape index (κ3) is 4.18. The van der Waals surface area contributed by atoms with E-state index in [1.165, 1.54) is 0 Å². The zero-order valence-electron chi connectivity index (χ0n) is 17.4. The molecule has 7 nitrogen and oxygen atoms in total. The van der Waals surface area contributed by atoms with Gasteiger partial charge in [0.05, 0.1) is 0 Å². The molecule has 0 aromatic carbocycles. The Morgan fingerprint density at radius 3 is 2.62 bits per heavy atom. The Labute approximate surface area is 172 Å². The molecule has 1 aliphatic heterocycles. The molecule has 0 spiro atoms. The van der Waals surface area contributed by atoms with Crippen molar-refractivity contribution in [2.24, 2.45) is 5.92 Å². The Kier molecular flexibility index (Phi) is 5.92. The number of aryl methyl sites for hydroxylation is 1. The van der Waals surface area contributed by atoms with Crippen LogP contribution in [0.5, 0.6) is 0 Å². The second-order valence-corrected chi connectivity index (χ2v) is 7.75. The maximum Gasteiger partial charge on any atom is 0.226 e. The fraction of sp³-hybridized carbons (Fsp3) is 0.545. The van der Waals surface area contributed by atoms with Gasteiger partial charge < -0.3 is 14.7 Å². The van der Waals surface area contributed by atoms with Gasteiger partial charge in [-0.25, -0.2) is 15.0 Å². The molecular formula is C22H30N6O. The Balaban J connectivity index is 1.36. The first kappa shape index (κ1) is 19.6. The van der Waals surface area contributed by atoms with Crippen molar-refractivity contribution in [3.8, 4) is 0 Å². The Bertz CT molecular complexity index is 830. The van der Waals surface area contributed by atoms with Crippen LogP contribution in [-0.4, -0.2) is 65.0 Å². The molecule has 0 saturated carbocycles.